The van der Waals surface area contributed by atoms with E-state index in [1.807, 2.05) is 0 Å². The van der Waals surface area contributed by atoms with E-state index in [-0.39, 0.29) is 11.7 Å². The predicted octanol–water partition coefficient (Wildman–Crippen LogP) is 0.161. The average Bonchev–Trinajstić information content (AvgIpc) is 2.40. The summed E-state index contributed by atoms with van der Waals surface area (Å²) < 4.78 is 21.9. The molecule has 3 N–H and O–H groups in total. The van der Waals surface area contributed by atoms with Gasteiger partial charge in [0.05, 0.1) is 12.3 Å². The molecule has 5 nitrogen and oxygen atoms in total. The van der Waals surface area contributed by atoms with Gasteiger partial charge < -0.3 is 11.1 Å². The summed E-state index contributed by atoms with van der Waals surface area (Å²) in [5.41, 5.74) is 6.58. The van der Waals surface area contributed by atoms with Crippen LogP contribution in [0.5, 0.6) is 0 Å². The van der Waals surface area contributed by atoms with Crippen molar-refractivity contribution in [1.82, 2.24) is 5.32 Å². The van der Waals surface area contributed by atoms with Crippen LogP contribution in [0.1, 0.15) is 22.3 Å². The van der Waals surface area contributed by atoms with Crippen molar-refractivity contribution in [3.8, 4) is 11.8 Å². The van der Waals surface area contributed by atoms with E-state index in [9.17, 15) is 13.2 Å². The lowest BCUT2D eigenvalue weighted by Gasteiger charge is -2.04. The topological polar surface area (TPSA) is 89.3 Å². The Morgan fingerprint density at radius 3 is 2.50 bits per heavy atom. The van der Waals surface area contributed by atoms with Crippen LogP contribution in [0.3, 0.4) is 0 Å². The molecule has 0 aliphatic carbocycles. The Morgan fingerprint density at radius 1 is 1.30 bits per heavy atom. The highest BCUT2D eigenvalue weighted by molar-refractivity contribution is 7.90. The highest BCUT2D eigenvalue weighted by Crippen LogP contribution is 2.03. The fraction of sp³-hybridized carbons (Fsp3) is 0.357. The second-order valence-corrected chi connectivity index (χ2v) is 6.58. The second kappa shape index (κ2) is 7.68. The Hall–Kier alpha value is -1.84. The first-order valence-corrected chi connectivity index (χ1v) is 8.23. The molecule has 0 atom stereocenters. The van der Waals surface area contributed by atoms with E-state index >= 15 is 0 Å². The number of hydrogen-bond donors (Lipinski definition) is 2. The standard InChI is InChI=1S/C14H18N2O3S/c1-20(18,19)11-3-10-16-14(17)13-7-5-12(6-8-13)4-2-9-15/h5-8H,3,9-11,15H2,1H3,(H,16,17). The maximum atomic E-state index is 11.8. The molecule has 0 saturated carbocycles. The van der Waals surface area contributed by atoms with Gasteiger partial charge in [-0.15, -0.1) is 0 Å². The van der Waals surface area contributed by atoms with Crippen molar-refractivity contribution in [3.63, 3.8) is 0 Å². The van der Waals surface area contributed by atoms with E-state index in [1.165, 1.54) is 6.26 Å². The first-order valence-electron chi connectivity index (χ1n) is 6.17. The highest BCUT2D eigenvalue weighted by Gasteiger charge is 2.06. The summed E-state index contributed by atoms with van der Waals surface area (Å²) in [5, 5.41) is 2.67. The van der Waals surface area contributed by atoms with Crippen LogP contribution in [0.4, 0.5) is 0 Å². The Morgan fingerprint density at radius 2 is 1.95 bits per heavy atom. The molecule has 1 amide bonds. The third-order valence-corrected chi connectivity index (χ3v) is 3.49. The summed E-state index contributed by atoms with van der Waals surface area (Å²) >= 11 is 0. The van der Waals surface area contributed by atoms with E-state index in [1.54, 1.807) is 24.3 Å². The maximum Gasteiger partial charge on any atom is 0.251 e. The van der Waals surface area contributed by atoms with Gasteiger partial charge in [-0.3, -0.25) is 4.79 Å². The zero-order valence-electron chi connectivity index (χ0n) is 11.3. The molecular weight excluding hydrogens is 276 g/mol. The lowest BCUT2D eigenvalue weighted by Crippen LogP contribution is -2.25. The van der Waals surface area contributed by atoms with E-state index in [0.717, 1.165) is 5.56 Å². The lowest BCUT2D eigenvalue weighted by molar-refractivity contribution is 0.0953. The molecule has 0 saturated heterocycles. The van der Waals surface area contributed by atoms with Crippen LogP contribution in [0.15, 0.2) is 24.3 Å². The van der Waals surface area contributed by atoms with E-state index in [2.05, 4.69) is 17.2 Å². The molecule has 0 aromatic heterocycles. The number of carbonyl (C=O) groups excluding carboxylic acids is 1. The van der Waals surface area contributed by atoms with E-state index in [4.69, 9.17) is 5.73 Å². The minimum atomic E-state index is -2.98. The van der Waals surface area contributed by atoms with Gasteiger partial charge in [0.25, 0.3) is 5.91 Å². The van der Waals surface area contributed by atoms with Crippen LogP contribution < -0.4 is 11.1 Å². The Kier molecular flexibility index (Phi) is 6.22. The normalized spacial score (nSPS) is 10.5. The average molecular weight is 294 g/mol. The SMILES string of the molecule is CS(=O)(=O)CCCNC(=O)c1ccc(C#CCN)cc1. The molecule has 0 aliphatic heterocycles. The Balaban J connectivity index is 2.48. The van der Waals surface area contributed by atoms with Crippen LogP contribution in [0, 0.1) is 11.8 Å². The molecule has 0 heterocycles. The summed E-state index contributed by atoms with van der Waals surface area (Å²) in [5.74, 6) is 5.44. The van der Waals surface area contributed by atoms with Gasteiger partial charge in [-0.25, -0.2) is 8.42 Å². The van der Waals surface area contributed by atoms with Crippen LogP contribution in [0.25, 0.3) is 0 Å². The van der Waals surface area contributed by atoms with Crippen molar-refractivity contribution in [2.75, 3.05) is 25.1 Å². The van der Waals surface area contributed by atoms with E-state index in [0.29, 0.717) is 25.1 Å². The third-order valence-electron chi connectivity index (χ3n) is 2.46. The third kappa shape index (κ3) is 6.36. The number of amides is 1. The van der Waals surface area contributed by atoms with Crippen molar-refractivity contribution in [2.24, 2.45) is 5.73 Å². The molecule has 20 heavy (non-hydrogen) atoms. The van der Waals surface area contributed by atoms with Gasteiger partial charge >= 0.3 is 0 Å². The van der Waals surface area contributed by atoms with Gasteiger partial charge in [-0.05, 0) is 30.7 Å². The molecule has 0 aliphatic rings. The maximum absolute atomic E-state index is 11.8. The largest absolute Gasteiger partial charge is 0.352 e. The number of sulfone groups is 1. The molecule has 0 spiro atoms. The zero-order valence-corrected chi connectivity index (χ0v) is 12.2. The first kappa shape index (κ1) is 16.2. The fourth-order valence-electron chi connectivity index (χ4n) is 1.50. The van der Waals surface area contributed by atoms with Gasteiger partial charge in [0, 0.05) is 23.9 Å². The molecule has 1 rings (SSSR count). The summed E-state index contributed by atoms with van der Waals surface area (Å²) in [4.78, 5) is 11.8. The molecule has 0 unspecified atom stereocenters. The minimum absolute atomic E-state index is 0.0703. The molecule has 1 aromatic rings. The smallest absolute Gasteiger partial charge is 0.251 e. The van der Waals surface area contributed by atoms with Crippen molar-refractivity contribution >= 4 is 15.7 Å². The molecule has 0 bridgehead atoms. The number of hydrogen-bond acceptors (Lipinski definition) is 4. The van der Waals surface area contributed by atoms with Gasteiger partial charge in [0.15, 0.2) is 0 Å². The van der Waals surface area contributed by atoms with Gasteiger partial charge in [0.1, 0.15) is 9.84 Å². The Bertz CT molecular complexity index is 610. The summed E-state index contributed by atoms with van der Waals surface area (Å²) in [7, 11) is -2.98. The zero-order chi connectivity index (χ0) is 15.0. The number of benzene rings is 1. The summed E-state index contributed by atoms with van der Waals surface area (Å²) in [6.45, 7) is 0.628. The van der Waals surface area contributed by atoms with Crippen LogP contribution in [-0.2, 0) is 9.84 Å². The lowest BCUT2D eigenvalue weighted by atomic mass is 10.1. The number of nitrogens with two attached hydrogens (primary N) is 1. The predicted molar refractivity (Wildman–Crippen MR) is 79.0 cm³/mol. The Labute approximate surface area is 119 Å². The number of carbonyl (C=O) groups is 1. The molecule has 0 fully saturated rings. The molecule has 0 radical (unpaired) electrons. The number of nitrogens with one attached hydrogen (secondary N) is 1. The second-order valence-electron chi connectivity index (χ2n) is 4.32. The van der Waals surface area contributed by atoms with Crippen molar-refractivity contribution in [3.05, 3.63) is 35.4 Å². The highest BCUT2D eigenvalue weighted by atomic mass is 32.2. The molecule has 108 valence electrons. The van der Waals surface area contributed by atoms with Gasteiger partial charge in [-0.1, -0.05) is 11.8 Å². The number of rotatable bonds is 5. The van der Waals surface area contributed by atoms with Crippen molar-refractivity contribution in [1.29, 1.82) is 0 Å². The molecule has 6 heteroatoms. The minimum Gasteiger partial charge on any atom is -0.352 e. The van der Waals surface area contributed by atoms with Crippen LogP contribution in [0.2, 0.25) is 0 Å². The van der Waals surface area contributed by atoms with Crippen molar-refractivity contribution in [2.45, 2.75) is 6.42 Å². The van der Waals surface area contributed by atoms with E-state index < -0.39 is 9.84 Å². The molecular formula is C14H18N2O3S. The van der Waals surface area contributed by atoms with Gasteiger partial charge in [-0.2, -0.15) is 0 Å². The van der Waals surface area contributed by atoms with Crippen molar-refractivity contribution < 1.29 is 13.2 Å². The molecule has 1 aromatic carbocycles. The first-order chi connectivity index (χ1) is 9.42. The van der Waals surface area contributed by atoms with Crippen LogP contribution >= 0.6 is 0 Å². The summed E-state index contributed by atoms with van der Waals surface area (Å²) in [6.07, 6.45) is 1.58. The monoisotopic (exact) mass is 294 g/mol. The quantitative estimate of drug-likeness (QED) is 0.598. The fourth-order valence-corrected chi connectivity index (χ4v) is 2.17. The summed E-state index contributed by atoms with van der Waals surface area (Å²) in [6, 6.07) is 6.83. The van der Waals surface area contributed by atoms with Crippen LogP contribution in [-0.4, -0.2) is 39.4 Å². The van der Waals surface area contributed by atoms with Gasteiger partial charge in [0.2, 0.25) is 0 Å².